The third-order valence-corrected chi connectivity index (χ3v) is 6.51. The lowest BCUT2D eigenvalue weighted by Crippen LogP contribution is -2.55. The molecule has 1 spiro atoms. The zero-order valence-electron chi connectivity index (χ0n) is 16.2. The number of hydrogen-bond donors (Lipinski definition) is 1. The number of rotatable bonds is 3. The number of hydrogen-bond acceptors (Lipinski definition) is 4. The molecule has 154 valence electrons. The van der Waals surface area contributed by atoms with Crippen molar-refractivity contribution in [2.45, 2.75) is 31.9 Å². The topological polar surface area (TPSA) is 56.7 Å². The minimum Gasteiger partial charge on any atom is -0.391 e. The number of benzene rings is 1. The fraction of sp³-hybridized carbons (Fsp3) is 0.455. The van der Waals surface area contributed by atoms with Gasteiger partial charge in [0.1, 0.15) is 5.82 Å². The summed E-state index contributed by atoms with van der Waals surface area (Å²) in [5.74, 6) is -0.358. The molecule has 2 aromatic rings. The summed E-state index contributed by atoms with van der Waals surface area (Å²) in [4.78, 5) is 20.9. The first-order valence-corrected chi connectivity index (χ1v) is 10.4. The van der Waals surface area contributed by atoms with Crippen molar-refractivity contribution >= 4 is 17.5 Å². The third kappa shape index (κ3) is 4.60. The number of piperidine rings is 2. The number of amides is 1. The van der Waals surface area contributed by atoms with Crippen molar-refractivity contribution in [3.05, 3.63) is 64.7 Å². The molecule has 1 aromatic heterocycles. The number of nitrogens with zero attached hydrogens (tertiary/aromatic N) is 3. The highest BCUT2D eigenvalue weighted by Crippen LogP contribution is 2.40. The second-order valence-electron chi connectivity index (χ2n) is 8.30. The highest BCUT2D eigenvalue weighted by molar-refractivity contribution is 6.31. The lowest BCUT2D eigenvalue weighted by molar-refractivity contribution is -0.0337. The molecule has 2 fully saturated rings. The van der Waals surface area contributed by atoms with Crippen molar-refractivity contribution in [2.24, 2.45) is 5.41 Å². The lowest BCUT2D eigenvalue weighted by atomic mass is 9.71. The van der Waals surface area contributed by atoms with E-state index >= 15 is 0 Å². The van der Waals surface area contributed by atoms with Crippen LogP contribution in [0.3, 0.4) is 0 Å². The number of carbonyl (C=O) groups excluding carboxylic acids is 1. The average molecular weight is 418 g/mol. The summed E-state index contributed by atoms with van der Waals surface area (Å²) in [6.45, 7) is 3.26. The summed E-state index contributed by atoms with van der Waals surface area (Å²) in [5.41, 5.74) is 1.26. The minimum absolute atomic E-state index is 0.0785. The molecule has 7 heteroatoms. The van der Waals surface area contributed by atoms with Gasteiger partial charge in [0.2, 0.25) is 0 Å². The van der Waals surface area contributed by atoms with E-state index in [2.05, 4.69) is 9.88 Å². The van der Waals surface area contributed by atoms with Crippen molar-refractivity contribution in [1.29, 1.82) is 0 Å². The maximum atomic E-state index is 13.5. The van der Waals surface area contributed by atoms with Gasteiger partial charge in [-0.3, -0.25) is 14.7 Å². The van der Waals surface area contributed by atoms with Crippen LogP contribution in [0.2, 0.25) is 5.02 Å². The van der Waals surface area contributed by atoms with Crippen LogP contribution >= 0.6 is 11.6 Å². The van der Waals surface area contributed by atoms with Crippen LogP contribution in [0.4, 0.5) is 4.39 Å². The van der Waals surface area contributed by atoms with Gasteiger partial charge in [-0.2, -0.15) is 0 Å². The monoisotopic (exact) mass is 417 g/mol. The van der Waals surface area contributed by atoms with E-state index in [-0.39, 0.29) is 17.1 Å². The molecule has 0 bridgehead atoms. The zero-order chi connectivity index (χ0) is 20.4. The maximum absolute atomic E-state index is 13.5. The van der Waals surface area contributed by atoms with Crippen LogP contribution in [-0.4, -0.2) is 58.1 Å². The first kappa shape index (κ1) is 20.3. The molecule has 1 unspecified atom stereocenters. The van der Waals surface area contributed by atoms with E-state index in [1.807, 2.05) is 0 Å². The molecule has 1 N–H and O–H groups in total. The second-order valence-corrected chi connectivity index (χ2v) is 8.70. The van der Waals surface area contributed by atoms with Gasteiger partial charge < -0.3 is 10.0 Å². The van der Waals surface area contributed by atoms with Gasteiger partial charge in [0.05, 0.1) is 11.7 Å². The van der Waals surface area contributed by atoms with Crippen molar-refractivity contribution in [3.8, 4) is 0 Å². The first-order chi connectivity index (χ1) is 13.9. The van der Waals surface area contributed by atoms with Crippen LogP contribution in [0.15, 0.2) is 42.7 Å². The van der Waals surface area contributed by atoms with Gasteiger partial charge in [-0.05, 0) is 73.7 Å². The minimum atomic E-state index is -0.520. The van der Waals surface area contributed by atoms with Crippen LogP contribution in [0, 0.1) is 11.2 Å². The highest BCUT2D eigenvalue weighted by atomic mass is 35.5. The molecular weight excluding hydrogens is 393 g/mol. The van der Waals surface area contributed by atoms with Crippen molar-refractivity contribution in [2.75, 3.05) is 26.2 Å². The molecule has 1 amide bonds. The van der Waals surface area contributed by atoms with Crippen LogP contribution in [0.25, 0.3) is 0 Å². The number of carbonyl (C=O) groups is 1. The number of aliphatic hydroxyl groups excluding tert-OH is 1. The molecule has 1 aromatic carbocycles. The smallest absolute Gasteiger partial charge is 0.255 e. The Morgan fingerprint density at radius 1 is 1.31 bits per heavy atom. The van der Waals surface area contributed by atoms with E-state index in [0.717, 1.165) is 31.5 Å². The highest BCUT2D eigenvalue weighted by Gasteiger charge is 2.43. The summed E-state index contributed by atoms with van der Waals surface area (Å²) >= 11 is 6.21. The van der Waals surface area contributed by atoms with Crippen LogP contribution in [0.1, 0.15) is 35.2 Å². The Bertz CT molecular complexity index is 872. The van der Waals surface area contributed by atoms with E-state index in [1.54, 1.807) is 35.5 Å². The van der Waals surface area contributed by atoms with E-state index < -0.39 is 6.10 Å². The number of likely N-dealkylation sites (tertiary alicyclic amines) is 2. The number of halogens is 2. The van der Waals surface area contributed by atoms with E-state index in [1.165, 1.54) is 12.1 Å². The summed E-state index contributed by atoms with van der Waals surface area (Å²) in [5, 5.41) is 11.1. The van der Waals surface area contributed by atoms with Gasteiger partial charge in [0.25, 0.3) is 5.91 Å². The molecular formula is C22H25ClFN3O2. The zero-order valence-corrected chi connectivity index (χ0v) is 17.0. The Kier molecular flexibility index (Phi) is 5.86. The molecule has 1 atom stereocenters. The van der Waals surface area contributed by atoms with Gasteiger partial charge in [0.15, 0.2) is 0 Å². The number of aliphatic hydroxyl groups is 1. The van der Waals surface area contributed by atoms with E-state index in [0.29, 0.717) is 36.6 Å². The largest absolute Gasteiger partial charge is 0.391 e. The molecule has 0 aliphatic carbocycles. The first-order valence-electron chi connectivity index (χ1n) is 9.98. The maximum Gasteiger partial charge on any atom is 0.255 e. The van der Waals surface area contributed by atoms with E-state index in [9.17, 15) is 14.3 Å². The molecule has 2 aliphatic heterocycles. The predicted molar refractivity (Wildman–Crippen MR) is 109 cm³/mol. The average Bonchev–Trinajstić information content (AvgIpc) is 2.72. The predicted octanol–water partition coefficient (Wildman–Crippen LogP) is 3.36. The summed E-state index contributed by atoms with van der Waals surface area (Å²) in [6.07, 6.45) is 5.17. The van der Waals surface area contributed by atoms with Crippen LogP contribution in [-0.2, 0) is 6.54 Å². The second kappa shape index (κ2) is 8.38. The molecule has 29 heavy (non-hydrogen) atoms. The Morgan fingerprint density at radius 2 is 2.10 bits per heavy atom. The fourth-order valence-electron chi connectivity index (χ4n) is 4.63. The number of aromatic nitrogens is 1. The van der Waals surface area contributed by atoms with E-state index in [4.69, 9.17) is 11.6 Å². The summed E-state index contributed by atoms with van der Waals surface area (Å²) in [7, 11) is 0. The molecule has 5 nitrogen and oxygen atoms in total. The molecule has 2 saturated heterocycles. The SMILES string of the molecule is O=C(c1cccnc1)N1CC(O)CC2(CCN(Cc3cc(F)ccc3Cl)CC2)C1. The number of β-amino-alcohol motifs (C(OH)–C–C–N with tert-alkyl or cyclic N) is 1. The normalized spacial score (nSPS) is 22.0. The Labute approximate surface area is 175 Å². The molecule has 0 saturated carbocycles. The van der Waals surface area contributed by atoms with Crippen molar-refractivity contribution < 1.29 is 14.3 Å². The van der Waals surface area contributed by atoms with Gasteiger partial charge in [-0.1, -0.05) is 11.6 Å². The Balaban J connectivity index is 1.41. The standard InChI is InChI=1S/C22H25ClFN3O2/c23-20-4-3-18(24)10-17(20)13-26-8-5-22(6-9-26)11-19(28)14-27(15-22)21(29)16-2-1-7-25-12-16/h1-4,7,10,12,19,28H,5-6,8-9,11,13-15H2. The van der Waals surface area contributed by atoms with Gasteiger partial charge >= 0.3 is 0 Å². The fourth-order valence-corrected chi connectivity index (χ4v) is 4.81. The van der Waals surface area contributed by atoms with Crippen LogP contribution < -0.4 is 0 Å². The van der Waals surface area contributed by atoms with Crippen molar-refractivity contribution in [3.63, 3.8) is 0 Å². The quantitative estimate of drug-likeness (QED) is 0.832. The number of pyridine rings is 1. The molecule has 4 rings (SSSR count). The molecule has 3 heterocycles. The van der Waals surface area contributed by atoms with Gasteiger partial charge in [0, 0.05) is 37.1 Å². The van der Waals surface area contributed by atoms with Gasteiger partial charge in [-0.15, -0.1) is 0 Å². The summed E-state index contributed by atoms with van der Waals surface area (Å²) in [6, 6.07) is 7.96. The third-order valence-electron chi connectivity index (χ3n) is 6.14. The lowest BCUT2D eigenvalue weighted by Gasteiger charge is -2.49. The van der Waals surface area contributed by atoms with Crippen LogP contribution in [0.5, 0.6) is 0 Å². The molecule has 0 radical (unpaired) electrons. The Morgan fingerprint density at radius 3 is 2.83 bits per heavy atom. The Hall–Kier alpha value is -2.02. The molecule has 2 aliphatic rings. The summed E-state index contributed by atoms with van der Waals surface area (Å²) < 4.78 is 13.5. The van der Waals surface area contributed by atoms with Crippen molar-refractivity contribution in [1.82, 2.24) is 14.8 Å². The van der Waals surface area contributed by atoms with Gasteiger partial charge in [-0.25, -0.2) is 4.39 Å².